The third-order valence-electron chi connectivity index (χ3n) is 3.89. The number of rotatable bonds is 7. The highest BCUT2D eigenvalue weighted by Crippen LogP contribution is 2.16. The first-order valence-electron chi connectivity index (χ1n) is 8.80. The lowest BCUT2D eigenvalue weighted by Gasteiger charge is -2.10. The van der Waals surface area contributed by atoms with Gasteiger partial charge in [0, 0.05) is 17.1 Å². The third-order valence-corrected chi connectivity index (χ3v) is 3.89. The van der Waals surface area contributed by atoms with Crippen LogP contribution in [0.5, 0.6) is 5.75 Å². The van der Waals surface area contributed by atoms with E-state index in [2.05, 4.69) is 10.6 Å². The number of hydrogen-bond donors (Lipinski definition) is 3. The molecule has 0 atom stereocenters. The molecule has 0 radical (unpaired) electrons. The van der Waals surface area contributed by atoms with Gasteiger partial charge in [0.1, 0.15) is 5.75 Å². The van der Waals surface area contributed by atoms with Crippen LogP contribution in [0, 0.1) is 0 Å². The second kappa shape index (κ2) is 9.23. The SMILES string of the molecule is Nc1ccc(CC(=O)Nc2cccc(NC(=O)COc3ccccc3)c2)cc1. The Morgan fingerprint density at radius 3 is 2.11 bits per heavy atom. The van der Waals surface area contributed by atoms with Crippen LogP contribution in [-0.2, 0) is 16.0 Å². The standard InChI is InChI=1S/C22H21N3O3/c23-17-11-9-16(10-12-17)13-21(26)24-18-5-4-6-19(14-18)25-22(27)15-28-20-7-2-1-3-8-20/h1-12,14H,13,15,23H2,(H,24,26)(H,25,27). The Morgan fingerprint density at radius 1 is 0.786 bits per heavy atom. The molecule has 0 spiro atoms. The summed E-state index contributed by atoms with van der Waals surface area (Å²) in [5.74, 6) is 0.191. The Kier molecular flexibility index (Phi) is 6.25. The molecule has 3 rings (SSSR count). The average molecular weight is 375 g/mol. The molecule has 0 bridgehead atoms. The lowest BCUT2D eigenvalue weighted by atomic mass is 10.1. The van der Waals surface area contributed by atoms with Gasteiger partial charge >= 0.3 is 0 Å². The van der Waals surface area contributed by atoms with Gasteiger partial charge < -0.3 is 21.1 Å². The predicted octanol–water partition coefficient (Wildman–Crippen LogP) is 3.47. The lowest BCUT2D eigenvalue weighted by Crippen LogP contribution is -2.20. The number of hydrogen-bond acceptors (Lipinski definition) is 4. The van der Waals surface area contributed by atoms with Crippen LogP contribution in [0.2, 0.25) is 0 Å². The maximum atomic E-state index is 12.2. The Bertz CT molecular complexity index is 941. The van der Waals surface area contributed by atoms with Crippen molar-refractivity contribution >= 4 is 28.9 Å². The molecular formula is C22H21N3O3. The first-order valence-corrected chi connectivity index (χ1v) is 8.80. The van der Waals surface area contributed by atoms with Crippen LogP contribution >= 0.6 is 0 Å². The molecule has 4 N–H and O–H groups in total. The van der Waals surface area contributed by atoms with E-state index in [1.807, 2.05) is 30.3 Å². The van der Waals surface area contributed by atoms with Crippen LogP contribution in [-0.4, -0.2) is 18.4 Å². The van der Waals surface area contributed by atoms with Gasteiger partial charge in [-0.25, -0.2) is 0 Å². The largest absolute Gasteiger partial charge is 0.484 e. The minimum absolute atomic E-state index is 0.0995. The van der Waals surface area contributed by atoms with Crippen molar-refractivity contribution in [3.05, 3.63) is 84.4 Å². The van der Waals surface area contributed by atoms with Crippen LogP contribution in [0.3, 0.4) is 0 Å². The molecule has 6 heteroatoms. The van der Waals surface area contributed by atoms with Gasteiger partial charge in [-0.15, -0.1) is 0 Å². The number of ether oxygens (including phenoxy) is 1. The quantitative estimate of drug-likeness (QED) is 0.551. The molecule has 0 aliphatic rings. The molecular weight excluding hydrogens is 354 g/mol. The molecule has 3 aromatic rings. The monoisotopic (exact) mass is 375 g/mol. The number of nitrogens with two attached hydrogens (primary N) is 1. The Hall–Kier alpha value is -3.80. The zero-order valence-corrected chi connectivity index (χ0v) is 15.2. The second-order valence-corrected chi connectivity index (χ2v) is 6.20. The topological polar surface area (TPSA) is 93.5 Å². The first kappa shape index (κ1) is 19.0. The molecule has 142 valence electrons. The first-order chi connectivity index (χ1) is 13.6. The Labute approximate surface area is 163 Å². The number of benzene rings is 3. The van der Waals surface area contributed by atoms with Gasteiger partial charge in [0.15, 0.2) is 6.61 Å². The molecule has 2 amide bonds. The Morgan fingerprint density at radius 2 is 1.43 bits per heavy atom. The van der Waals surface area contributed by atoms with Crippen molar-refractivity contribution in [2.45, 2.75) is 6.42 Å². The third kappa shape index (κ3) is 5.88. The number of nitrogen functional groups attached to an aromatic ring is 1. The van der Waals surface area contributed by atoms with Crippen molar-refractivity contribution in [1.29, 1.82) is 0 Å². The van der Waals surface area contributed by atoms with Gasteiger partial charge in [0.25, 0.3) is 5.91 Å². The van der Waals surface area contributed by atoms with Crippen molar-refractivity contribution in [3.63, 3.8) is 0 Å². The number of carbonyl (C=O) groups is 2. The van der Waals surface area contributed by atoms with E-state index in [0.717, 1.165) is 5.56 Å². The van der Waals surface area contributed by atoms with Crippen LogP contribution in [0.15, 0.2) is 78.9 Å². The minimum atomic E-state index is -0.283. The molecule has 0 aromatic heterocycles. The molecule has 0 saturated heterocycles. The van der Waals surface area contributed by atoms with Gasteiger partial charge in [0.2, 0.25) is 5.91 Å². The van der Waals surface area contributed by atoms with E-state index in [1.165, 1.54) is 0 Å². The van der Waals surface area contributed by atoms with Gasteiger partial charge in [-0.05, 0) is 48.0 Å². The number of anilines is 3. The zero-order valence-electron chi connectivity index (χ0n) is 15.2. The van der Waals surface area contributed by atoms with Crippen molar-refractivity contribution in [2.75, 3.05) is 23.0 Å². The summed E-state index contributed by atoms with van der Waals surface area (Å²) in [5.41, 5.74) is 8.35. The van der Waals surface area contributed by atoms with Crippen molar-refractivity contribution in [1.82, 2.24) is 0 Å². The summed E-state index contributed by atoms with van der Waals surface area (Å²) >= 11 is 0. The number of para-hydroxylation sites is 1. The highest BCUT2D eigenvalue weighted by atomic mass is 16.5. The normalized spacial score (nSPS) is 10.1. The highest BCUT2D eigenvalue weighted by Gasteiger charge is 2.07. The highest BCUT2D eigenvalue weighted by molar-refractivity contribution is 5.95. The van der Waals surface area contributed by atoms with E-state index in [1.54, 1.807) is 48.5 Å². The van der Waals surface area contributed by atoms with Crippen LogP contribution in [0.1, 0.15) is 5.56 Å². The second-order valence-electron chi connectivity index (χ2n) is 6.20. The van der Waals surface area contributed by atoms with Gasteiger partial charge in [-0.2, -0.15) is 0 Å². The van der Waals surface area contributed by atoms with E-state index in [0.29, 0.717) is 22.8 Å². The van der Waals surface area contributed by atoms with Crippen molar-refractivity contribution in [3.8, 4) is 5.75 Å². The summed E-state index contributed by atoms with van der Waals surface area (Å²) in [6, 6.07) is 23.2. The molecule has 28 heavy (non-hydrogen) atoms. The molecule has 0 saturated carbocycles. The van der Waals surface area contributed by atoms with Crippen LogP contribution in [0.25, 0.3) is 0 Å². The Balaban J connectivity index is 1.52. The van der Waals surface area contributed by atoms with Crippen molar-refractivity contribution in [2.24, 2.45) is 0 Å². The maximum Gasteiger partial charge on any atom is 0.262 e. The van der Waals surface area contributed by atoms with Gasteiger partial charge in [-0.3, -0.25) is 9.59 Å². The summed E-state index contributed by atoms with van der Waals surface area (Å²) in [6.45, 7) is -0.0995. The number of nitrogens with one attached hydrogen (secondary N) is 2. The molecule has 0 fully saturated rings. The number of amides is 2. The predicted molar refractivity (Wildman–Crippen MR) is 110 cm³/mol. The fraction of sp³-hybridized carbons (Fsp3) is 0.0909. The fourth-order valence-electron chi connectivity index (χ4n) is 2.56. The van der Waals surface area contributed by atoms with E-state index in [4.69, 9.17) is 10.5 Å². The van der Waals surface area contributed by atoms with E-state index < -0.39 is 0 Å². The molecule has 0 aliphatic carbocycles. The van der Waals surface area contributed by atoms with Gasteiger partial charge in [0.05, 0.1) is 6.42 Å². The van der Waals surface area contributed by atoms with Crippen LogP contribution < -0.4 is 21.1 Å². The fourth-order valence-corrected chi connectivity index (χ4v) is 2.56. The summed E-state index contributed by atoms with van der Waals surface area (Å²) in [6.07, 6.45) is 0.238. The maximum absolute atomic E-state index is 12.2. The summed E-state index contributed by atoms with van der Waals surface area (Å²) in [4.78, 5) is 24.3. The van der Waals surface area contributed by atoms with Crippen molar-refractivity contribution < 1.29 is 14.3 Å². The zero-order chi connectivity index (χ0) is 19.8. The minimum Gasteiger partial charge on any atom is -0.484 e. The summed E-state index contributed by atoms with van der Waals surface area (Å²) < 4.78 is 5.42. The molecule has 3 aromatic carbocycles. The average Bonchev–Trinajstić information content (AvgIpc) is 2.69. The number of carbonyl (C=O) groups excluding carboxylic acids is 2. The summed E-state index contributed by atoms with van der Waals surface area (Å²) in [7, 11) is 0. The van der Waals surface area contributed by atoms with E-state index in [9.17, 15) is 9.59 Å². The van der Waals surface area contributed by atoms with Crippen LogP contribution in [0.4, 0.5) is 17.1 Å². The molecule has 0 aliphatic heterocycles. The van der Waals surface area contributed by atoms with E-state index >= 15 is 0 Å². The summed E-state index contributed by atoms with van der Waals surface area (Å²) in [5, 5.41) is 5.58. The smallest absolute Gasteiger partial charge is 0.262 e. The molecule has 0 unspecified atom stereocenters. The molecule has 0 heterocycles. The van der Waals surface area contributed by atoms with Gasteiger partial charge in [-0.1, -0.05) is 36.4 Å². The van der Waals surface area contributed by atoms with E-state index in [-0.39, 0.29) is 24.8 Å². The molecule has 6 nitrogen and oxygen atoms in total. The lowest BCUT2D eigenvalue weighted by molar-refractivity contribution is -0.118.